The van der Waals surface area contributed by atoms with Crippen molar-refractivity contribution in [2.45, 2.75) is 6.92 Å². The number of aromatic nitrogens is 3. The van der Waals surface area contributed by atoms with Crippen LogP contribution in [0.1, 0.15) is 5.56 Å². The third-order valence-corrected chi connectivity index (χ3v) is 9.47. The van der Waals surface area contributed by atoms with Gasteiger partial charge in [-0.05, 0) is 84.3 Å². The Balaban J connectivity index is 1.39. The van der Waals surface area contributed by atoms with Gasteiger partial charge in [-0.25, -0.2) is 0 Å². The number of nitrogens with zero attached hydrogens (tertiary/aromatic N) is 2. The van der Waals surface area contributed by atoms with Crippen LogP contribution in [0, 0.1) is 6.92 Å². The third kappa shape index (κ3) is 4.11. The van der Waals surface area contributed by atoms with Crippen molar-refractivity contribution in [1.82, 2.24) is 9.97 Å². The van der Waals surface area contributed by atoms with Crippen molar-refractivity contribution < 1.29 is 4.40 Å². The molecule has 0 radical (unpaired) electrons. The van der Waals surface area contributed by atoms with E-state index < -0.39 is 0 Å². The molecule has 4 heteroatoms. The Morgan fingerprint density at radius 2 is 1.13 bits per heavy atom. The van der Waals surface area contributed by atoms with E-state index in [-0.39, 0.29) is 0 Å². The van der Waals surface area contributed by atoms with Crippen molar-refractivity contribution in [3.63, 3.8) is 0 Å². The Labute approximate surface area is 267 Å². The van der Waals surface area contributed by atoms with Gasteiger partial charge in [0, 0.05) is 81.1 Å². The maximum absolute atomic E-state index is 3.63. The Hall–Kier alpha value is -5.87. The molecule has 0 aliphatic carbocycles. The molecule has 0 spiro atoms. The Bertz CT molecular complexity index is 2620. The number of H-pyrrole nitrogens is 2. The molecule has 0 unspecified atom stereocenters. The molecular weight excluding hydrogens is 560 g/mol. The maximum atomic E-state index is 3.63. The number of rotatable bonds is 4. The highest BCUT2D eigenvalue weighted by Crippen LogP contribution is 2.44. The van der Waals surface area contributed by atoms with E-state index in [0.717, 1.165) is 22.1 Å². The summed E-state index contributed by atoms with van der Waals surface area (Å²) in [5, 5.41) is 4.97. The third-order valence-electron chi connectivity index (χ3n) is 9.47. The van der Waals surface area contributed by atoms with Gasteiger partial charge in [0.15, 0.2) is 12.4 Å². The molecule has 4 aromatic heterocycles. The van der Waals surface area contributed by atoms with E-state index in [1.165, 1.54) is 71.7 Å². The minimum Gasteiger partial charge on any atom is -0.378 e. The van der Waals surface area contributed by atoms with Crippen molar-refractivity contribution in [1.29, 1.82) is 0 Å². The van der Waals surface area contributed by atoms with Crippen LogP contribution < -0.4 is 9.30 Å². The van der Waals surface area contributed by atoms with E-state index in [9.17, 15) is 0 Å². The van der Waals surface area contributed by atoms with Gasteiger partial charge in [-0.15, -0.1) is 0 Å². The topological polar surface area (TPSA) is 38.9 Å². The summed E-state index contributed by atoms with van der Waals surface area (Å²) in [6, 6.07) is 44.4. The molecule has 0 saturated carbocycles. The minimum absolute atomic E-state index is 1.15. The number of hydrogen-bond acceptors (Lipinski definition) is 1. The van der Waals surface area contributed by atoms with Crippen molar-refractivity contribution in [2.24, 2.45) is 0 Å². The van der Waals surface area contributed by atoms with Crippen molar-refractivity contribution in [3.8, 4) is 33.4 Å². The average molecular weight is 594 g/mol. The summed E-state index contributed by atoms with van der Waals surface area (Å²) < 4.78 is 2.28. The van der Waals surface area contributed by atoms with E-state index in [4.69, 9.17) is 0 Å². The summed E-state index contributed by atoms with van der Waals surface area (Å²) in [5.74, 6) is 0. The van der Waals surface area contributed by atoms with Crippen LogP contribution in [0.15, 0.2) is 134 Å². The van der Waals surface area contributed by atoms with E-state index in [1.54, 1.807) is 0 Å². The molecule has 0 aliphatic rings. The first-order valence-electron chi connectivity index (χ1n) is 15.8. The van der Waals surface area contributed by atoms with Crippen molar-refractivity contribution in [3.05, 3.63) is 139 Å². The molecule has 0 fully saturated rings. The molecule has 0 aliphatic heterocycles. The van der Waals surface area contributed by atoms with Crippen LogP contribution >= 0.6 is 0 Å². The summed E-state index contributed by atoms with van der Waals surface area (Å²) in [6.07, 6.45) is 4.47. The Morgan fingerprint density at radius 3 is 1.91 bits per heavy atom. The Kier molecular flexibility index (Phi) is 5.81. The predicted molar refractivity (Wildman–Crippen MR) is 194 cm³/mol. The smallest absolute Gasteiger partial charge is 0.219 e. The second kappa shape index (κ2) is 10.1. The van der Waals surface area contributed by atoms with Gasteiger partial charge in [0.05, 0.1) is 11.1 Å². The number of fused-ring (bicyclic) bond motifs is 7. The quantitative estimate of drug-likeness (QED) is 0.196. The first-order chi connectivity index (χ1) is 22.5. The molecule has 5 aromatic carbocycles. The van der Waals surface area contributed by atoms with E-state index in [2.05, 4.69) is 174 Å². The fraction of sp³-hybridized carbons (Fsp3) is 0.0714. The predicted octanol–water partition coefficient (Wildman–Crippen LogP) is 10.1. The largest absolute Gasteiger partial charge is 0.378 e. The number of benzene rings is 5. The van der Waals surface area contributed by atoms with E-state index in [1.807, 2.05) is 0 Å². The number of nitrogens with one attached hydrogen (secondary N) is 2. The van der Waals surface area contributed by atoms with Gasteiger partial charge in [-0.2, -0.15) is 4.40 Å². The molecule has 0 amide bonds. The fourth-order valence-electron chi connectivity index (χ4n) is 7.17. The molecule has 2 N–H and O–H groups in total. The van der Waals surface area contributed by atoms with Crippen molar-refractivity contribution >= 4 is 54.8 Å². The first kappa shape index (κ1) is 26.5. The molecule has 4 heterocycles. The molecule has 0 bridgehead atoms. The first-order valence-corrected chi connectivity index (χ1v) is 15.8. The lowest BCUT2D eigenvalue weighted by molar-refractivity contribution is -0.510. The van der Waals surface area contributed by atoms with Crippen LogP contribution in [0.2, 0.25) is 0 Å². The molecule has 9 aromatic rings. The lowest BCUT2D eigenvalue weighted by Crippen LogP contribution is -2.22. The maximum Gasteiger partial charge on any atom is 0.219 e. The molecule has 0 atom stereocenters. The zero-order chi connectivity index (χ0) is 30.9. The summed E-state index contributed by atoms with van der Waals surface area (Å²) in [5.41, 5.74) is 15.4. The molecule has 0 saturated heterocycles. The number of aryl methyl sites for hydroxylation is 1. The molecular formula is C42H33N4+. The number of para-hydroxylation sites is 1. The number of pyridine rings is 2. The minimum atomic E-state index is 1.15. The van der Waals surface area contributed by atoms with Gasteiger partial charge >= 0.3 is 0 Å². The normalized spacial score (nSPS) is 11.8. The average Bonchev–Trinajstić information content (AvgIpc) is 3.64. The van der Waals surface area contributed by atoms with Gasteiger partial charge in [-0.3, -0.25) is 0 Å². The van der Waals surface area contributed by atoms with Crippen LogP contribution in [0.3, 0.4) is 0 Å². The SMILES string of the molecule is Cc1ccc2[nH]c3ccc(-c4c[n+]5ccccc5c(-c5ccc6[nH]c7ccccc7c6c5)c4-c4ccc(N(C)C)cc4)cc3c2c1. The lowest BCUT2D eigenvalue weighted by atomic mass is 9.87. The van der Waals surface area contributed by atoms with Crippen LogP contribution in [0.5, 0.6) is 0 Å². The van der Waals surface area contributed by atoms with E-state index >= 15 is 0 Å². The molecule has 220 valence electrons. The zero-order valence-corrected chi connectivity index (χ0v) is 26.1. The Morgan fingerprint density at radius 1 is 0.522 bits per heavy atom. The summed E-state index contributed by atoms with van der Waals surface area (Å²) in [4.78, 5) is 9.40. The second-order valence-electron chi connectivity index (χ2n) is 12.6. The van der Waals surface area contributed by atoms with Gasteiger partial charge in [-0.1, -0.05) is 54.1 Å². The zero-order valence-electron chi connectivity index (χ0n) is 26.1. The monoisotopic (exact) mass is 593 g/mol. The highest BCUT2D eigenvalue weighted by atomic mass is 15.1. The van der Waals surface area contributed by atoms with Crippen LogP contribution in [0.25, 0.3) is 82.5 Å². The number of aromatic amines is 2. The van der Waals surface area contributed by atoms with Gasteiger partial charge in [0.25, 0.3) is 0 Å². The van der Waals surface area contributed by atoms with Crippen LogP contribution in [-0.2, 0) is 0 Å². The molecule has 4 nitrogen and oxygen atoms in total. The highest BCUT2D eigenvalue weighted by molar-refractivity contribution is 6.12. The van der Waals surface area contributed by atoms with Crippen LogP contribution in [0.4, 0.5) is 5.69 Å². The lowest BCUT2D eigenvalue weighted by Gasteiger charge is -2.17. The van der Waals surface area contributed by atoms with Gasteiger partial charge in [0.2, 0.25) is 5.52 Å². The second-order valence-corrected chi connectivity index (χ2v) is 12.6. The fourth-order valence-corrected chi connectivity index (χ4v) is 7.17. The molecule has 46 heavy (non-hydrogen) atoms. The van der Waals surface area contributed by atoms with Crippen molar-refractivity contribution in [2.75, 3.05) is 19.0 Å². The highest BCUT2D eigenvalue weighted by Gasteiger charge is 2.24. The molecule has 9 rings (SSSR count). The van der Waals surface area contributed by atoms with Crippen LogP contribution in [-0.4, -0.2) is 24.1 Å². The van der Waals surface area contributed by atoms with E-state index in [0.29, 0.717) is 0 Å². The number of hydrogen-bond donors (Lipinski definition) is 2. The van der Waals surface area contributed by atoms with Gasteiger partial charge < -0.3 is 14.9 Å². The summed E-state index contributed by atoms with van der Waals surface area (Å²) in [6.45, 7) is 2.16. The van der Waals surface area contributed by atoms with Gasteiger partial charge in [0.1, 0.15) is 0 Å². The summed E-state index contributed by atoms with van der Waals surface area (Å²) >= 11 is 0. The number of anilines is 1. The standard InChI is InChI=1S/C42H33N4/c1-26-11-18-37-32(22-26)34-23-28(14-19-39(34)44-37)35-25-46-21-7-6-10-40(46)42(41(35)27-12-16-30(17-13-27)45(2)3)29-15-20-38-33(24-29)31-8-4-5-9-36(31)43-38/h4-25,43-44H,1-3H3/q+1. The summed E-state index contributed by atoms with van der Waals surface area (Å²) in [7, 11) is 4.18.